The Kier molecular flexibility index (Phi) is 4.77. The van der Waals surface area contributed by atoms with Crippen LogP contribution < -0.4 is 0 Å². The minimum Gasteiger partial charge on any atom is -0.338 e. The van der Waals surface area contributed by atoms with E-state index in [1.54, 1.807) is 14.0 Å². The third-order valence-corrected chi connectivity index (χ3v) is 3.54. The maximum Gasteiger partial charge on any atom is 0.272 e. The van der Waals surface area contributed by atoms with Crippen molar-refractivity contribution in [3.05, 3.63) is 39.7 Å². The number of rotatable bonds is 4. The van der Waals surface area contributed by atoms with Gasteiger partial charge in [-0.3, -0.25) is 14.9 Å². The molecule has 18 heavy (non-hydrogen) atoms. The number of benzene rings is 1. The van der Waals surface area contributed by atoms with Crippen molar-refractivity contribution in [2.24, 2.45) is 0 Å². The van der Waals surface area contributed by atoms with E-state index >= 15 is 0 Å². The predicted molar refractivity (Wildman–Crippen MR) is 68.4 cm³/mol. The summed E-state index contributed by atoms with van der Waals surface area (Å²) in [5.74, 6) is -1.39. The number of hydrogen-bond acceptors (Lipinski definition) is 3. The molecule has 0 aliphatic carbocycles. The summed E-state index contributed by atoms with van der Waals surface area (Å²) in [7, 11) is 1.55. The van der Waals surface area contributed by atoms with Gasteiger partial charge in [-0.2, -0.15) is 0 Å². The molecule has 1 aromatic carbocycles. The van der Waals surface area contributed by atoms with Crippen molar-refractivity contribution in [3.8, 4) is 0 Å². The maximum absolute atomic E-state index is 13.6. The molecular formula is C11H12BrFN2O3. The summed E-state index contributed by atoms with van der Waals surface area (Å²) >= 11 is 3.23. The number of amides is 1. The molecule has 98 valence electrons. The third kappa shape index (κ3) is 3.04. The van der Waals surface area contributed by atoms with Crippen LogP contribution in [0.25, 0.3) is 0 Å². The van der Waals surface area contributed by atoms with Gasteiger partial charge >= 0.3 is 0 Å². The summed E-state index contributed by atoms with van der Waals surface area (Å²) in [6.45, 7) is 1.80. The van der Waals surface area contributed by atoms with E-state index in [0.717, 1.165) is 18.2 Å². The molecule has 0 saturated carbocycles. The number of hydrogen-bond donors (Lipinski definition) is 0. The average molecular weight is 319 g/mol. The molecule has 1 aromatic rings. The lowest BCUT2D eigenvalue weighted by Gasteiger charge is -2.23. The molecule has 1 amide bonds. The van der Waals surface area contributed by atoms with E-state index in [9.17, 15) is 19.3 Å². The van der Waals surface area contributed by atoms with Crippen LogP contribution in [0.3, 0.4) is 0 Å². The fourth-order valence-electron chi connectivity index (χ4n) is 1.28. The van der Waals surface area contributed by atoms with Crippen LogP contribution >= 0.6 is 15.9 Å². The molecule has 0 bridgehead atoms. The highest BCUT2D eigenvalue weighted by Gasteiger charge is 2.21. The van der Waals surface area contributed by atoms with Crippen molar-refractivity contribution in [1.29, 1.82) is 0 Å². The Labute approximate surface area is 112 Å². The highest BCUT2D eigenvalue weighted by Crippen LogP contribution is 2.18. The monoisotopic (exact) mass is 318 g/mol. The van der Waals surface area contributed by atoms with E-state index in [-0.39, 0.29) is 17.3 Å². The first-order chi connectivity index (χ1) is 8.38. The Morgan fingerprint density at radius 2 is 2.22 bits per heavy atom. The van der Waals surface area contributed by atoms with Crippen molar-refractivity contribution in [2.45, 2.75) is 13.0 Å². The van der Waals surface area contributed by atoms with Crippen LogP contribution in [0.2, 0.25) is 0 Å². The molecule has 0 aliphatic rings. The van der Waals surface area contributed by atoms with Crippen LogP contribution in [0.1, 0.15) is 17.3 Å². The van der Waals surface area contributed by atoms with Crippen molar-refractivity contribution in [3.63, 3.8) is 0 Å². The van der Waals surface area contributed by atoms with Crippen molar-refractivity contribution in [1.82, 2.24) is 4.90 Å². The lowest BCUT2D eigenvalue weighted by Crippen LogP contribution is -2.36. The first-order valence-electron chi connectivity index (χ1n) is 5.15. The Bertz CT molecular complexity index is 481. The van der Waals surface area contributed by atoms with Gasteiger partial charge in [0.2, 0.25) is 0 Å². The summed E-state index contributed by atoms with van der Waals surface area (Å²) in [6, 6.07) is 2.89. The topological polar surface area (TPSA) is 63.5 Å². The van der Waals surface area contributed by atoms with Gasteiger partial charge in [0.05, 0.1) is 16.6 Å². The van der Waals surface area contributed by atoms with E-state index in [4.69, 9.17) is 0 Å². The summed E-state index contributed by atoms with van der Waals surface area (Å²) in [5.41, 5.74) is -0.545. The summed E-state index contributed by atoms with van der Waals surface area (Å²) < 4.78 is 13.6. The normalized spacial score (nSPS) is 12.0. The number of carbonyl (C=O) groups excluding carboxylic acids is 1. The van der Waals surface area contributed by atoms with Crippen LogP contribution in [-0.4, -0.2) is 34.2 Å². The first kappa shape index (κ1) is 14.6. The number of non-ortho nitro benzene ring substituents is 1. The SMILES string of the molecule is CC(CBr)N(C)C(=O)c1ccc([N+](=O)[O-])cc1F. The second-order valence-corrected chi connectivity index (χ2v) is 4.49. The number of carbonyl (C=O) groups is 1. The van der Waals surface area contributed by atoms with E-state index in [1.165, 1.54) is 4.90 Å². The van der Waals surface area contributed by atoms with Crippen molar-refractivity contribution < 1.29 is 14.1 Å². The second kappa shape index (κ2) is 5.90. The molecule has 0 heterocycles. The fraction of sp³-hybridized carbons (Fsp3) is 0.364. The van der Waals surface area contributed by atoms with Crippen molar-refractivity contribution in [2.75, 3.05) is 12.4 Å². The number of halogens is 2. The molecule has 7 heteroatoms. The largest absolute Gasteiger partial charge is 0.338 e. The molecule has 1 rings (SSSR count). The molecule has 5 nitrogen and oxygen atoms in total. The fourth-order valence-corrected chi connectivity index (χ4v) is 1.72. The lowest BCUT2D eigenvalue weighted by atomic mass is 10.1. The summed E-state index contributed by atoms with van der Waals surface area (Å²) in [5, 5.41) is 11.0. The van der Waals surface area contributed by atoms with Gasteiger partial charge in [0.25, 0.3) is 11.6 Å². The van der Waals surface area contributed by atoms with Crippen LogP contribution in [0.4, 0.5) is 10.1 Å². The average Bonchev–Trinajstić information content (AvgIpc) is 2.35. The molecular weight excluding hydrogens is 307 g/mol. The highest BCUT2D eigenvalue weighted by atomic mass is 79.9. The van der Waals surface area contributed by atoms with Gasteiger partial charge in [-0.05, 0) is 13.0 Å². The molecule has 0 aliphatic heterocycles. The quantitative estimate of drug-likeness (QED) is 0.487. The number of nitro groups is 1. The lowest BCUT2D eigenvalue weighted by molar-refractivity contribution is -0.385. The van der Waals surface area contributed by atoms with Gasteiger partial charge in [-0.15, -0.1) is 0 Å². The molecule has 0 aromatic heterocycles. The minimum absolute atomic E-state index is 0.105. The molecule has 0 fully saturated rings. The van der Waals surface area contributed by atoms with E-state index < -0.39 is 16.6 Å². The molecule has 1 unspecified atom stereocenters. The predicted octanol–water partition coefficient (Wildman–Crippen LogP) is 2.59. The standard InChI is InChI=1S/C11H12BrFN2O3/c1-7(6-12)14(2)11(16)9-4-3-8(15(17)18)5-10(9)13/h3-5,7H,6H2,1-2H3. The summed E-state index contributed by atoms with van der Waals surface area (Å²) in [4.78, 5) is 23.1. The Morgan fingerprint density at radius 3 is 2.67 bits per heavy atom. The van der Waals surface area contributed by atoms with Gasteiger partial charge < -0.3 is 4.90 Å². The highest BCUT2D eigenvalue weighted by molar-refractivity contribution is 9.09. The summed E-state index contributed by atoms with van der Waals surface area (Å²) in [6.07, 6.45) is 0. The van der Waals surface area contributed by atoms with E-state index in [0.29, 0.717) is 5.33 Å². The third-order valence-electron chi connectivity index (χ3n) is 2.60. The maximum atomic E-state index is 13.6. The van der Waals surface area contributed by atoms with Crippen LogP contribution in [0.5, 0.6) is 0 Å². The number of nitrogens with zero attached hydrogens (tertiary/aromatic N) is 2. The van der Waals surface area contributed by atoms with Gasteiger partial charge in [0, 0.05) is 24.5 Å². The number of nitro benzene ring substituents is 1. The minimum atomic E-state index is -0.886. The molecule has 0 radical (unpaired) electrons. The molecule has 0 saturated heterocycles. The molecule has 1 atom stereocenters. The van der Waals surface area contributed by atoms with Gasteiger partial charge in [-0.25, -0.2) is 4.39 Å². The van der Waals surface area contributed by atoms with Crippen LogP contribution in [0, 0.1) is 15.9 Å². The van der Waals surface area contributed by atoms with Crippen LogP contribution in [0.15, 0.2) is 18.2 Å². The van der Waals surface area contributed by atoms with Crippen LogP contribution in [-0.2, 0) is 0 Å². The van der Waals surface area contributed by atoms with Gasteiger partial charge in [-0.1, -0.05) is 15.9 Å². The molecule has 0 N–H and O–H groups in total. The second-order valence-electron chi connectivity index (χ2n) is 3.84. The van der Waals surface area contributed by atoms with Gasteiger partial charge in [0.15, 0.2) is 0 Å². The van der Waals surface area contributed by atoms with E-state index in [1.807, 2.05) is 0 Å². The zero-order chi connectivity index (χ0) is 13.9. The Hall–Kier alpha value is -1.50. The first-order valence-corrected chi connectivity index (χ1v) is 6.27. The smallest absolute Gasteiger partial charge is 0.272 e. The van der Waals surface area contributed by atoms with Crippen molar-refractivity contribution >= 4 is 27.5 Å². The van der Waals surface area contributed by atoms with Gasteiger partial charge in [0.1, 0.15) is 5.82 Å². The number of alkyl halides is 1. The Balaban J connectivity index is 3.04. The van der Waals surface area contributed by atoms with E-state index in [2.05, 4.69) is 15.9 Å². The zero-order valence-corrected chi connectivity index (χ0v) is 11.5. The Morgan fingerprint density at radius 1 is 1.61 bits per heavy atom. The molecule has 0 spiro atoms. The zero-order valence-electron chi connectivity index (χ0n) is 9.89.